The molecular weight excluding hydrogens is 310 g/mol. The third-order valence-electron chi connectivity index (χ3n) is 3.65. The molecule has 5 heteroatoms. The monoisotopic (exact) mass is 329 g/mol. The molecule has 0 spiro atoms. The lowest BCUT2D eigenvalue weighted by molar-refractivity contribution is -0.144. The summed E-state index contributed by atoms with van der Waals surface area (Å²) in [5.74, 6) is 1.76. The predicted molar refractivity (Wildman–Crippen MR) is 90.3 cm³/mol. The van der Waals surface area contributed by atoms with Crippen LogP contribution in [0, 0.1) is 0 Å². The van der Waals surface area contributed by atoms with Crippen LogP contribution in [0.2, 0.25) is 0 Å². The quantitative estimate of drug-likeness (QED) is 0.758. The first kappa shape index (κ1) is 15.9. The Morgan fingerprint density at radius 3 is 2.52 bits per heavy atom. The highest BCUT2D eigenvalue weighted by molar-refractivity contribution is 8.00. The molecule has 0 N–H and O–H groups in total. The van der Waals surface area contributed by atoms with Crippen LogP contribution < -0.4 is 4.74 Å². The van der Waals surface area contributed by atoms with Gasteiger partial charge in [0.1, 0.15) is 24.2 Å². The lowest BCUT2D eigenvalue weighted by Crippen LogP contribution is -2.17. The van der Waals surface area contributed by atoms with Crippen LogP contribution >= 0.6 is 11.8 Å². The third-order valence-corrected chi connectivity index (χ3v) is 5.01. The van der Waals surface area contributed by atoms with Gasteiger partial charge in [0.2, 0.25) is 0 Å². The van der Waals surface area contributed by atoms with Crippen molar-refractivity contribution in [3.05, 3.63) is 59.9 Å². The van der Waals surface area contributed by atoms with Crippen molar-refractivity contribution in [1.82, 2.24) is 4.98 Å². The molecule has 4 nitrogen and oxygen atoms in total. The number of carbonyl (C=O) groups is 1. The highest BCUT2D eigenvalue weighted by atomic mass is 32.2. The van der Waals surface area contributed by atoms with Crippen LogP contribution in [0.15, 0.2) is 48.8 Å². The molecule has 0 amide bonds. The van der Waals surface area contributed by atoms with E-state index in [-0.39, 0.29) is 11.2 Å². The zero-order valence-electron chi connectivity index (χ0n) is 12.8. The van der Waals surface area contributed by atoms with Crippen molar-refractivity contribution < 1.29 is 14.3 Å². The molecule has 1 atom stereocenters. The van der Waals surface area contributed by atoms with E-state index in [4.69, 9.17) is 9.47 Å². The Kier molecular flexibility index (Phi) is 5.53. The number of carbonyl (C=O) groups excluding carboxylic acids is 1. The number of hydrogen-bond donors (Lipinski definition) is 0. The summed E-state index contributed by atoms with van der Waals surface area (Å²) in [7, 11) is 0. The average Bonchev–Trinajstić information content (AvgIpc) is 3.14. The number of pyridine rings is 1. The fraction of sp³-hybridized carbons (Fsp3) is 0.333. The highest BCUT2D eigenvalue weighted by Gasteiger charge is 2.24. The van der Waals surface area contributed by atoms with Gasteiger partial charge in [-0.15, -0.1) is 11.8 Å². The second-order valence-corrected chi connectivity index (χ2v) is 6.71. The fourth-order valence-corrected chi connectivity index (χ4v) is 3.49. The smallest absolute Gasteiger partial charge is 0.319 e. The van der Waals surface area contributed by atoms with Gasteiger partial charge in [0.25, 0.3) is 0 Å². The van der Waals surface area contributed by atoms with Crippen LogP contribution in [-0.2, 0) is 22.7 Å². The summed E-state index contributed by atoms with van der Waals surface area (Å²) in [6.07, 6.45) is 5.54. The van der Waals surface area contributed by atoms with Crippen LogP contribution in [0.4, 0.5) is 0 Å². The first-order valence-electron chi connectivity index (χ1n) is 7.70. The topological polar surface area (TPSA) is 48.4 Å². The lowest BCUT2D eigenvalue weighted by Gasteiger charge is -2.10. The molecule has 1 saturated heterocycles. The van der Waals surface area contributed by atoms with Gasteiger partial charge in [0.05, 0.1) is 0 Å². The third kappa shape index (κ3) is 4.73. The molecule has 2 heterocycles. The van der Waals surface area contributed by atoms with Gasteiger partial charge in [-0.05, 0) is 54.0 Å². The summed E-state index contributed by atoms with van der Waals surface area (Å²) in [5, 5.41) is 0.0259. The molecule has 0 aliphatic carbocycles. The second-order valence-electron chi connectivity index (χ2n) is 5.40. The van der Waals surface area contributed by atoms with Gasteiger partial charge in [0.15, 0.2) is 0 Å². The number of esters is 1. The van der Waals surface area contributed by atoms with Gasteiger partial charge in [-0.3, -0.25) is 9.78 Å². The molecule has 1 aliphatic heterocycles. The molecule has 1 aromatic heterocycles. The fourth-order valence-electron chi connectivity index (χ4n) is 2.34. The van der Waals surface area contributed by atoms with Gasteiger partial charge in [-0.25, -0.2) is 0 Å². The van der Waals surface area contributed by atoms with E-state index in [0.717, 1.165) is 35.5 Å². The number of ether oxygens (including phenoxy) is 2. The highest BCUT2D eigenvalue weighted by Crippen LogP contribution is 2.27. The average molecular weight is 329 g/mol. The summed E-state index contributed by atoms with van der Waals surface area (Å²) in [6, 6.07) is 11.5. The van der Waals surface area contributed by atoms with Crippen molar-refractivity contribution in [1.29, 1.82) is 0 Å². The second kappa shape index (κ2) is 8.02. The van der Waals surface area contributed by atoms with E-state index >= 15 is 0 Å². The SMILES string of the molecule is O=C(OCc1ccc(OCc2ccncc2)cc1)C1CCCS1. The van der Waals surface area contributed by atoms with Crippen LogP contribution in [-0.4, -0.2) is 22.0 Å². The van der Waals surface area contributed by atoms with E-state index in [1.165, 1.54) is 0 Å². The predicted octanol–water partition coefficient (Wildman–Crippen LogP) is 3.60. The van der Waals surface area contributed by atoms with Gasteiger partial charge in [0, 0.05) is 12.4 Å². The summed E-state index contributed by atoms with van der Waals surface area (Å²) in [6.45, 7) is 0.830. The minimum atomic E-state index is -0.0921. The molecule has 3 rings (SSSR count). The number of thioether (sulfide) groups is 1. The Hall–Kier alpha value is -2.01. The Morgan fingerprint density at radius 2 is 1.83 bits per heavy atom. The minimum absolute atomic E-state index is 0.0259. The largest absolute Gasteiger partial charge is 0.489 e. The molecule has 1 fully saturated rings. The Morgan fingerprint density at radius 1 is 1.09 bits per heavy atom. The zero-order valence-corrected chi connectivity index (χ0v) is 13.6. The molecule has 0 bridgehead atoms. The standard InChI is InChI=1S/C18H19NO3S/c20-18(17-2-1-11-23-17)22-13-14-3-5-16(6-4-14)21-12-15-7-9-19-10-8-15/h3-10,17H,1-2,11-13H2. The first-order valence-corrected chi connectivity index (χ1v) is 8.75. The Bertz CT molecular complexity index is 624. The molecule has 1 aromatic carbocycles. The maximum atomic E-state index is 11.9. The zero-order chi connectivity index (χ0) is 15.9. The molecule has 0 saturated carbocycles. The van der Waals surface area contributed by atoms with E-state index < -0.39 is 0 Å². The lowest BCUT2D eigenvalue weighted by atomic mass is 10.2. The van der Waals surface area contributed by atoms with Crippen molar-refractivity contribution >= 4 is 17.7 Å². The van der Waals surface area contributed by atoms with E-state index in [1.807, 2.05) is 36.4 Å². The molecule has 1 aliphatic rings. The molecule has 23 heavy (non-hydrogen) atoms. The van der Waals surface area contributed by atoms with Crippen LogP contribution in [0.1, 0.15) is 24.0 Å². The van der Waals surface area contributed by atoms with Crippen molar-refractivity contribution in [2.24, 2.45) is 0 Å². The summed E-state index contributed by atoms with van der Waals surface area (Å²) < 4.78 is 11.1. The van der Waals surface area contributed by atoms with Gasteiger partial charge >= 0.3 is 5.97 Å². The molecule has 2 aromatic rings. The Labute approximate surface area is 140 Å². The van der Waals surface area contributed by atoms with Crippen LogP contribution in [0.5, 0.6) is 5.75 Å². The molecule has 1 unspecified atom stereocenters. The summed E-state index contributed by atoms with van der Waals surface area (Å²) in [4.78, 5) is 15.8. The maximum Gasteiger partial charge on any atom is 0.319 e. The number of hydrogen-bond acceptors (Lipinski definition) is 5. The van der Waals surface area contributed by atoms with E-state index in [2.05, 4.69) is 4.98 Å². The van der Waals surface area contributed by atoms with Gasteiger partial charge < -0.3 is 9.47 Å². The number of nitrogens with zero attached hydrogens (tertiary/aromatic N) is 1. The van der Waals surface area contributed by atoms with Gasteiger partial charge in [-0.1, -0.05) is 12.1 Å². The van der Waals surface area contributed by atoms with E-state index in [1.54, 1.807) is 24.2 Å². The Balaban J connectivity index is 1.46. The number of rotatable bonds is 6. The summed E-state index contributed by atoms with van der Waals surface area (Å²) in [5.41, 5.74) is 2.05. The van der Waals surface area contributed by atoms with Crippen LogP contribution in [0.25, 0.3) is 0 Å². The first-order chi connectivity index (χ1) is 11.3. The summed E-state index contributed by atoms with van der Waals surface area (Å²) >= 11 is 1.69. The van der Waals surface area contributed by atoms with Crippen molar-refractivity contribution in [2.45, 2.75) is 31.3 Å². The minimum Gasteiger partial charge on any atom is -0.489 e. The van der Waals surface area contributed by atoms with Gasteiger partial charge in [-0.2, -0.15) is 0 Å². The number of benzene rings is 1. The van der Waals surface area contributed by atoms with Crippen molar-refractivity contribution in [2.75, 3.05) is 5.75 Å². The molecular formula is C18H19NO3S. The van der Waals surface area contributed by atoms with Crippen molar-refractivity contribution in [3.63, 3.8) is 0 Å². The molecule has 120 valence electrons. The number of aromatic nitrogens is 1. The van der Waals surface area contributed by atoms with E-state index in [0.29, 0.717) is 13.2 Å². The van der Waals surface area contributed by atoms with E-state index in [9.17, 15) is 4.79 Å². The maximum absolute atomic E-state index is 11.9. The molecule has 0 radical (unpaired) electrons. The van der Waals surface area contributed by atoms with Crippen LogP contribution in [0.3, 0.4) is 0 Å². The van der Waals surface area contributed by atoms with Crippen molar-refractivity contribution in [3.8, 4) is 5.75 Å². The normalized spacial score (nSPS) is 17.0.